The lowest BCUT2D eigenvalue weighted by Gasteiger charge is -2.22. The molecule has 0 amide bonds. The van der Waals surface area contributed by atoms with Gasteiger partial charge in [0.25, 0.3) is 0 Å². The molecule has 2 rings (SSSR count). The van der Waals surface area contributed by atoms with Crippen LogP contribution in [0.1, 0.15) is 18.6 Å². The molecule has 0 atom stereocenters. The highest BCUT2D eigenvalue weighted by Gasteiger charge is 2.07. The van der Waals surface area contributed by atoms with Gasteiger partial charge in [-0.15, -0.1) is 0 Å². The van der Waals surface area contributed by atoms with Crippen molar-refractivity contribution in [1.29, 1.82) is 0 Å². The molecule has 1 N–H and O–H groups in total. The zero-order chi connectivity index (χ0) is 17.4. The molecule has 2 aromatic rings. The van der Waals surface area contributed by atoms with Gasteiger partial charge in [0.1, 0.15) is 18.9 Å². The zero-order valence-corrected chi connectivity index (χ0v) is 14.9. The molecule has 0 saturated heterocycles. The third-order valence-electron chi connectivity index (χ3n) is 3.15. The van der Waals surface area contributed by atoms with Gasteiger partial charge in [-0.1, -0.05) is 16.8 Å². The van der Waals surface area contributed by atoms with Crippen LogP contribution in [0.2, 0.25) is 5.02 Å². The second-order valence-electron chi connectivity index (χ2n) is 5.12. The average Bonchev–Trinajstić information content (AvgIpc) is 2.98. The van der Waals surface area contributed by atoms with Crippen LogP contribution in [0.25, 0.3) is 0 Å². The van der Waals surface area contributed by atoms with E-state index in [0.29, 0.717) is 36.4 Å². The number of guanidine groups is 1. The molecule has 0 saturated carbocycles. The van der Waals surface area contributed by atoms with Crippen LogP contribution in [-0.2, 0) is 6.54 Å². The number of aliphatic imine (C=N–C) groups is 1. The SMILES string of the molecule is CCNC(=NCc1noc(C)n1)N(C)CCOc1ccc(Cl)cc1. The van der Waals surface area contributed by atoms with E-state index in [0.717, 1.165) is 18.3 Å². The van der Waals surface area contributed by atoms with Crippen molar-refractivity contribution in [2.45, 2.75) is 20.4 Å². The Kier molecular flexibility index (Phi) is 6.87. The Labute approximate surface area is 146 Å². The first kappa shape index (κ1) is 18.1. The van der Waals surface area contributed by atoms with Crippen LogP contribution >= 0.6 is 11.6 Å². The predicted octanol–water partition coefficient (Wildman–Crippen LogP) is 2.51. The monoisotopic (exact) mass is 351 g/mol. The number of nitrogens with zero attached hydrogens (tertiary/aromatic N) is 4. The van der Waals surface area contributed by atoms with Gasteiger partial charge in [0.2, 0.25) is 5.89 Å². The van der Waals surface area contributed by atoms with Gasteiger partial charge >= 0.3 is 0 Å². The van der Waals surface area contributed by atoms with Crippen LogP contribution in [-0.4, -0.2) is 47.7 Å². The third kappa shape index (κ3) is 5.73. The molecular weight excluding hydrogens is 330 g/mol. The molecule has 130 valence electrons. The topological polar surface area (TPSA) is 75.8 Å². The number of nitrogens with one attached hydrogen (secondary N) is 1. The summed E-state index contributed by atoms with van der Waals surface area (Å²) in [6.07, 6.45) is 0. The number of hydrogen-bond donors (Lipinski definition) is 1. The van der Waals surface area contributed by atoms with E-state index < -0.39 is 0 Å². The lowest BCUT2D eigenvalue weighted by Crippen LogP contribution is -2.40. The van der Waals surface area contributed by atoms with E-state index in [2.05, 4.69) is 20.4 Å². The van der Waals surface area contributed by atoms with Crippen molar-refractivity contribution in [3.63, 3.8) is 0 Å². The largest absolute Gasteiger partial charge is 0.492 e. The number of ether oxygens (including phenoxy) is 1. The van der Waals surface area contributed by atoms with Crippen molar-refractivity contribution < 1.29 is 9.26 Å². The second kappa shape index (κ2) is 9.12. The van der Waals surface area contributed by atoms with Gasteiger partial charge in [0.05, 0.1) is 6.54 Å². The summed E-state index contributed by atoms with van der Waals surface area (Å²) in [5, 5.41) is 7.77. The Balaban J connectivity index is 1.85. The molecule has 0 unspecified atom stereocenters. The quantitative estimate of drug-likeness (QED) is 0.610. The van der Waals surface area contributed by atoms with Crippen molar-refractivity contribution in [3.8, 4) is 5.75 Å². The molecule has 24 heavy (non-hydrogen) atoms. The van der Waals surface area contributed by atoms with E-state index in [1.54, 1.807) is 19.1 Å². The minimum Gasteiger partial charge on any atom is -0.492 e. The van der Waals surface area contributed by atoms with Gasteiger partial charge in [-0.3, -0.25) is 0 Å². The van der Waals surface area contributed by atoms with Crippen LogP contribution < -0.4 is 10.1 Å². The minimum absolute atomic E-state index is 0.363. The fourth-order valence-electron chi connectivity index (χ4n) is 1.96. The lowest BCUT2D eigenvalue weighted by molar-refractivity contribution is 0.281. The molecule has 0 fully saturated rings. The molecule has 1 heterocycles. The summed E-state index contributed by atoms with van der Waals surface area (Å²) >= 11 is 5.85. The first-order chi connectivity index (χ1) is 11.6. The Morgan fingerprint density at radius 1 is 1.38 bits per heavy atom. The summed E-state index contributed by atoms with van der Waals surface area (Å²) in [5.74, 6) is 2.65. The van der Waals surface area contributed by atoms with E-state index in [1.807, 2.05) is 31.0 Å². The van der Waals surface area contributed by atoms with Gasteiger partial charge in [-0.25, -0.2) is 4.99 Å². The molecule has 1 aromatic heterocycles. The Morgan fingerprint density at radius 2 is 2.12 bits per heavy atom. The fraction of sp³-hybridized carbons (Fsp3) is 0.438. The maximum atomic E-state index is 5.85. The van der Waals surface area contributed by atoms with E-state index in [1.165, 1.54) is 0 Å². The number of halogens is 1. The molecule has 0 bridgehead atoms. The van der Waals surface area contributed by atoms with E-state index >= 15 is 0 Å². The minimum atomic E-state index is 0.363. The first-order valence-electron chi connectivity index (χ1n) is 7.75. The van der Waals surface area contributed by atoms with Crippen LogP contribution in [0.3, 0.4) is 0 Å². The molecule has 0 spiro atoms. The van der Waals surface area contributed by atoms with Crippen molar-refractivity contribution in [1.82, 2.24) is 20.4 Å². The number of aromatic nitrogens is 2. The number of rotatable bonds is 7. The molecule has 7 nitrogen and oxygen atoms in total. The molecular formula is C16H22ClN5O2. The van der Waals surface area contributed by atoms with E-state index in [-0.39, 0.29) is 0 Å². The summed E-state index contributed by atoms with van der Waals surface area (Å²) in [4.78, 5) is 10.6. The normalized spacial score (nSPS) is 11.4. The van der Waals surface area contributed by atoms with Gasteiger partial charge in [-0.2, -0.15) is 4.98 Å². The Bertz CT molecular complexity index is 657. The van der Waals surface area contributed by atoms with Crippen molar-refractivity contribution >= 4 is 17.6 Å². The lowest BCUT2D eigenvalue weighted by atomic mass is 10.3. The highest BCUT2D eigenvalue weighted by molar-refractivity contribution is 6.30. The maximum absolute atomic E-state index is 5.85. The predicted molar refractivity (Wildman–Crippen MR) is 93.4 cm³/mol. The van der Waals surface area contributed by atoms with E-state index in [4.69, 9.17) is 20.9 Å². The number of aryl methyl sites for hydroxylation is 1. The maximum Gasteiger partial charge on any atom is 0.223 e. The molecule has 1 aromatic carbocycles. The van der Waals surface area contributed by atoms with Gasteiger partial charge in [-0.05, 0) is 31.2 Å². The summed E-state index contributed by atoms with van der Waals surface area (Å²) in [5.41, 5.74) is 0. The van der Waals surface area contributed by atoms with Crippen LogP contribution in [0.5, 0.6) is 5.75 Å². The van der Waals surface area contributed by atoms with Crippen molar-refractivity contribution in [3.05, 3.63) is 41.0 Å². The van der Waals surface area contributed by atoms with E-state index in [9.17, 15) is 0 Å². The summed E-state index contributed by atoms with van der Waals surface area (Å²) in [7, 11) is 1.95. The van der Waals surface area contributed by atoms with Gasteiger partial charge in [0.15, 0.2) is 11.8 Å². The second-order valence-corrected chi connectivity index (χ2v) is 5.56. The van der Waals surface area contributed by atoms with Gasteiger partial charge in [0, 0.05) is 25.5 Å². The number of likely N-dealkylation sites (N-methyl/N-ethyl adjacent to an activating group) is 1. The highest BCUT2D eigenvalue weighted by Crippen LogP contribution is 2.15. The fourth-order valence-corrected chi connectivity index (χ4v) is 2.08. The zero-order valence-electron chi connectivity index (χ0n) is 14.1. The van der Waals surface area contributed by atoms with Crippen molar-refractivity contribution in [2.24, 2.45) is 4.99 Å². The molecule has 0 aliphatic carbocycles. The van der Waals surface area contributed by atoms with Crippen LogP contribution in [0, 0.1) is 6.92 Å². The summed E-state index contributed by atoms with van der Waals surface area (Å²) < 4.78 is 10.6. The highest BCUT2D eigenvalue weighted by atomic mass is 35.5. The number of benzene rings is 1. The molecule has 8 heteroatoms. The molecule has 0 radical (unpaired) electrons. The van der Waals surface area contributed by atoms with Crippen LogP contribution in [0.4, 0.5) is 0 Å². The van der Waals surface area contributed by atoms with Gasteiger partial charge < -0.3 is 19.5 Å². The Morgan fingerprint density at radius 3 is 2.75 bits per heavy atom. The standard InChI is InChI=1S/C16H22ClN5O2/c1-4-18-16(19-11-15-20-12(2)24-21-15)22(3)9-10-23-14-7-5-13(17)6-8-14/h5-8H,4,9-11H2,1-3H3,(H,18,19). The smallest absolute Gasteiger partial charge is 0.223 e. The average molecular weight is 352 g/mol. The first-order valence-corrected chi connectivity index (χ1v) is 8.13. The number of hydrogen-bond acceptors (Lipinski definition) is 5. The summed E-state index contributed by atoms with van der Waals surface area (Å²) in [6, 6.07) is 7.30. The van der Waals surface area contributed by atoms with Crippen molar-refractivity contribution in [2.75, 3.05) is 26.7 Å². The Hall–Kier alpha value is -2.28. The third-order valence-corrected chi connectivity index (χ3v) is 3.40. The summed E-state index contributed by atoms with van der Waals surface area (Å²) in [6.45, 7) is 6.12. The molecule has 0 aliphatic rings. The molecule has 0 aliphatic heterocycles. The van der Waals surface area contributed by atoms with Crippen LogP contribution in [0.15, 0.2) is 33.8 Å².